The molecule has 2 saturated heterocycles. The maximum atomic E-state index is 14.3. The summed E-state index contributed by atoms with van der Waals surface area (Å²) in [5, 5.41) is 37.2. The molecule has 372 valence electrons. The first-order valence-corrected chi connectivity index (χ1v) is 26.1. The minimum Gasteiger partial charge on any atom is -0.507 e. The predicted octanol–water partition coefficient (Wildman–Crippen LogP) is 7.22. The van der Waals surface area contributed by atoms with Crippen molar-refractivity contribution in [2.24, 2.45) is 11.3 Å². The average Bonchev–Trinajstić information content (AvgIpc) is 4.11. The van der Waals surface area contributed by atoms with Crippen molar-refractivity contribution < 1.29 is 24.6 Å². The summed E-state index contributed by atoms with van der Waals surface area (Å²) >= 11 is 1.59. The summed E-state index contributed by atoms with van der Waals surface area (Å²) in [6.07, 6.45) is 9.48. The molecule has 7 heterocycles. The van der Waals surface area contributed by atoms with Crippen molar-refractivity contribution in [1.29, 1.82) is 0 Å². The van der Waals surface area contributed by atoms with Gasteiger partial charge in [-0.25, -0.2) is 15.0 Å². The van der Waals surface area contributed by atoms with Crippen LogP contribution < -0.4 is 15.5 Å². The molecule has 71 heavy (non-hydrogen) atoms. The lowest BCUT2D eigenvalue weighted by molar-refractivity contribution is -0.144. The summed E-state index contributed by atoms with van der Waals surface area (Å²) in [7, 11) is 0. The molecule has 4 aliphatic rings. The maximum absolute atomic E-state index is 14.3. The van der Waals surface area contributed by atoms with Crippen LogP contribution in [0, 0.1) is 18.3 Å². The number of benzene rings is 2. The molecule has 4 aromatic heterocycles. The molecule has 10 rings (SSSR count). The first-order chi connectivity index (χ1) is 34.2. The third-order valence-electron chi connectivity index (χ3n) is 15.5. The molecule has 1 aliphatic carbocycles. The number of anilines is 1. The van der Waals surface area contributed by atoms with Crippen molar-refractivity contribution in [2.75, 3.05) is 31.1 Å². The molecule has 5 N–H and O–H groups in total. The van der Waals surface area contributed by atoms with E-state index < -0.39 is 23.6 Å². The third-order valence-corrected chi connectivity index (χ3v) is 16.5. The Kier molecular flexibility index (Phi) is 13.7. The molecule has 16 nitrogen and oxygen atoms in total. The van der Waals surface area contributed by atoms with E-state index in [2.05, 4.69) is 47.5 Å². The summed E-state index contributed by atoms with van der Waals surface area (Å²) < 4.78 is 0. The van der Waals surface area contributed by atoms with Crippen LogP contribution >= 0.6 is 11.3 Å². The molecule has 6 aromatic rings. The number of piperidine rings is 1. The molecular weight excluding hydrogens is 915 g/mol. The van der Waals surface area contributed by atoms with Crippen LogP contribution in [0.15, 0.2) is 72.5 Å². The second-order valence-electron chi connectivity index (χ2n) is 21.2. The summed E-state index contributed by atoms with van der Waals surface area (Å²) in [6, 6.07) is 15.9. The van der Waals surface area contributed by atoms with Crippen molar-refractivity contribution in [3.05, 3.63) is 101 Å². The molecule has 1 saturated carbocycles. The minimum atomic E-state index is -0.857. The van der Waals surface area contributed by atoms with Crippen molar-refractivity contribution in [3.8, 4) is 27.4 Å². The number of carbonyl (C=O) groups excluding carboxylic acids is 3. The highest BCUT2D eigenvalue weighted by molar-refractivity contribution is 7.13. The zero-order chi connectivity index (χ0) is 49.6. The van der Waals surface area contributed by atoms with Gasteiger partial charge in [-0.2, -0.15) is 0 Å². The number of hydrogen-bond donors (Lipinski definition) is 5. The van der Waals surface area contributed by atoms with Gasteiger partial charge >= 0.3 is 0 Å². The number of aliphatic hydroxyl groups excluding tert-OH is 1. The van der Waals surface area contributed by atoms with Crippen molar-refractivity contribution >= 4 is 46.0 Å². The highest BCUT2D eigenvalue weighted by Crippen LogP contribution is 2.40. The Morgan fingerprint density at radius 1 is 0.915 bits per heavy atom. The number of phenols is 1. The van der Waals surface area contributed by atoms with Crippen molar-refractivity contribution in [1.82, 2.24) is 50.6 Å². The standard InChI is InChI=1S/C54H65N11O5S/c1-31-47(71-30-58-31)35-12-10-33(11-13-35)26-55-51(69)44-24-39(66)29-65(44)52(70)48(54(3,4)5)60-50(68)36-14-16-38(17-15-36)63-21-18-34(19-22-63)37-27-56-53(57-28-37)64-23-20-42-46(32(64)2)41-25-43(61-62-49(41)59-42)40-8-6-7-9-45(40)67/h6-13,25,27-28,30,32,34,36,38-39,44,48,66-67H,14-24,26,29H2,1-5H3,(H,55,69)(H,59,62)(H,60,68)/t32-,36-,38-,39-,44+,48-/m1/s1. The number of aromatic hydroxyl groups is 1. The molecule has 4 atom stereocenters. The Labute approximate surface area is 418 Å². The fourth-order valence-electron chi connectivity index (χ4n) is 11.4. The highest BCUT2D eigenvalue weighted by Gasteiger charge is 2.45. The fraction of sp³-hybridized carbons (Fsp3) is 0.481. The van der Waals surface area contributed by atoms with Crippen LogP contribution in [-0.2, 0) is 27.3 Å². The summed E-state index contributed by atoms with van der Waals surface area (Å²) in [6.45, 7) is 13.0. The third kappa shape index (κ3) is 10.0. The summed E-state index contributed by atoms with van der Waals surface area (Å²) in [5.41, 5.74) is 9.64. The van der Waals surface area contributed by atoms with Gasteiger partial charge in [-0.15, -0.1) is 21.5 Å². The van der Waals surface area contributed by atoms with Gasteiger partial charge in [-0.3, -0.25) is 14.4 Å². The van der Waals surface area contributed by atoms with Gasteiger partial charge in [0.05, 0.1) is 33.9 Å². The second-order valence-corrected chi connectivity index (χ2v) is 22.0. The number of nitrogens with zero attached hydrogens (tertiary/aromatic N) is 8. The van der Waals surface area contributed by atoms with Crippen LogP contribution in [0.5, 0.6) is 5.75 Å². The number of likely N-dealkylation sites (tertiary alicyclic amines) is 2. The van der Waals surface area contributed by atoms with Crippen LogP contribution in [0.1, 0.15) is 113 Å². The molecule has 3 fully saturated rings. The molecule has 0 spiro atoms. The lowest BCUT2D eigenvalue weighted by Gasteiger charge is -2.41. The zero-order valence-corrected chi connectivity index (χ0v) is 42.1. The molecule has 0 bridgehead atoms. The number of aliphatic hydroxyl groups is 1. The molecule has 3 aliphatic heterocycles. The number of hydrogen-bond acceptors (Lipinski definition) is 13. The number of carbonyl (C=O) groups is 3. The molecule has 0 radical (unpaired) electrons. The molecule has 0 unspecified atom stereocenters. The van der Waals surface area contributed by atoms with E-state index in [4.69, 9.17) is 9.97 Å². The monoisotopic (exact) mass is 979 g/mol. The van der Waals surface area contributed by atoms with E-state index in [0.717, 1.165) is 114 Å². The van der Waals surface area contributed by atoms with Gasteiger partial charge in [0.2, 0.25) is 23.7 Å². The van der Waals surface area contributed by atoms with E-state index in [-0.39, 0.29) is 54.9 Å². The quantitative estimate of drug-likeness (QED) is 0.0873. The molecular formula is C54H65N11O5S. The largest absolute Gasteiger partial charge is 0.507 e. The smallest absolute Gasteiger partial charge is 0.246 e. The van der Waals surface area contributed by atoms with Gasteiger partial charge in [0.25, 0.3) is 0 Å². The molecule has 17 heteroatoms. The van der Waals surface area contributed by atoms with Gasteiger partial charge in [-0.1, -0.05) is 57.2 Å². The topological polar surface area (TPSA) is 206 Å². The van der Waals surface area contributed by atoms with Crippen LogP contribution in [0.25, 0.3) is 32.7 Å². The Hall–Kier alpha value is -6.30. The number of phenolic OH excluding ortho intramolecular Hbond substituents is 1. The first kappa shape index (κ1) is 48.3. The number of β-amino-alcohol motifs (C(OH)–C–C–N with tert-alkyl or cyclic N) is 1. The van der Waals surface area contributed by atoms with E-state index in [1.54, 1.807) is 23.5 Å². The van der Waals surface area contributed by atoms with Gasteiger partial charge in [0, 0.05) is 79.0 Å². The Balaban J connectivity index is 0.700. The van der Waals surface area contributed by atoms with Gasteiger partial charge in [0.15, 0.2) is 5.65 Å². The van der Waals surface area contributed by atoms with E-state index in [1.165, 1.54) is 4.90 Å². The number of fused-ring (bicyclic) bond motifs is 3. The number of aromatic nitrogens is 6. The van der Waals surface area contributed by atoms with Crippen molar-refractivity contribution in [2.45, 2.75) is 129 Å². The van der Waals surface area contributed by atoms with Crippen LogP contribution in [0.2, 0.25) is 0 Å². The summed E-state index contributed by atoms with van der Waals surface area (Å²) in [4.78, 5) is 67.0. The average molecular weight is 980 g/mol. The second kappa shape index (κ2) is 20.1. The zero-order valence-electron chi connectivity index (χ0n) is 41.3. The Morgan fingerprint density at radius 3 is 2.34 bits per heavy atom. The van der Waals surface area contributed by atoms with E-state index >= 15 is 0 Å². The lowest BCUT2D eigenvalue weighted by atomic mass is 9.81. The normalized spacial score (nSPS) is 22.6. The van der Waals surface area contributed by atoms with E-state index in [0.29, 0.717) is 29.2 Å². The lowest BCUT2D eigenvalue weighted by Crippen LogP contribution is -2.58. The predicted molar refractivity (Wildman–Crippen MR) is 273 cm³/mol. The van der Waals surface area contributed by atoms with Crippen LogP contribution in [0.3, 0.4) is 0 Å². The number of amides is 3. The van der Waals surface area contributed by atoms with E-state index in [1.807, 2.05) is 88.1 Å². The Bertz CT molecular complexity index is 2880. The van der Waals surface area contributed by atoms with Crippen LogP contribution in [-0.4, -0.2) is 118 Å². The highest BCUT2D eigenvalue weighted by atomic mass is 32.1. The fourth-order valence-corrected chi connectivity index (χ4v) is 12.3. The minimum absolute atomic E-state index is 0.00451. The number of thiazole rings is 1. The number of para-hydroxylation sites is 1. The first-order valence-electron chi connectivity index (χ1n) is 25.2. The summed E-state index contributed by atoms with van der Waals surface area (Å²) in [5.74, 6) is 0.265. The van der Waals surface area contributed by atoms with Gasteiger partial charge < -0.3 is 40.5 Å². The van der Waals surface area contributed by atoms with E-state index in [9.17, 15) is 24.6 Å². The number of nitrogens with one attached hydrogen (secondary N) is 3. The number of aryl methyl sites for hydroxylation is 1. The van der Waals surface area contributed by atoms with Gasteiger partial charge in [0.1, 0.15) is 17.8 Å². The molecule has 2 aromatic carbocycles. The number of aromatic amines is 1. The van der Waals surface area contributed by atoms with Gasteiger partial charge in [-0.05, 0) is 112 Å². The number of rotatable bonds is 11. The van der Waals surface area contributed by atoms with Crippen LogP contribution in [0.4, 0.5) is 5.95 Å². The number of H-pyrrole nitrogens is 1. The molecule has 3 amide bonds. The SMILES string of the molecule is Cc1ncsc1-c1ccc(CNC(=O)[C@@H]2C[C@@H](O)CN2C(=O)[C@@H](NC(=O)[C@H]2CC[C@H](N3CCC(c4cnc(N5CCc6[nH]c7nnc(-c8ccccc8O)cc7c6[C@H]5C)nc4)CC3)CC2)C(C)(C)C)cc1. The maximum Gasteiger partial charge on any atom is 0.246 e. The Morgan fingerprint density at radius 2 is 1.65 bits per heavy atom. The van der Waals surface area contributed by atoms with Crippen molar-refractivity contribution in [3.63, 3.8) is 0 Å².